The summed E-state index contributed by atoms with van der Waals surface area (Å²) < 4.78 is 0. The van der Waals surface area contributed by atoms with E-state index in [1.165, 1.54) is 11.3 Å². The highest BCUT2D eigenvalue weighted by Crippen LogP contribution is 2.38. The summed E-state index contributed by atoms with van der Waals surface area (Å²) in [4.78, 5) is 42.3. The number of hydrogen-bond acceptors (Lipinski definition) is 18. The molecule has 0 fully saturated rings. The Kier molecular flexibility index (Phi) is 7.32. The van der Waals surface area contributed by atoms with Crippen LogP contribution in [-0.4, -0.2) is 44.9 Å². The Hall–Kier alpha value is -3.33. The molecule has 0 aliphatic rings. The van der Waals surface area contributed by atoms with Gasteiger partial charge >= 0.3 is 0 Å². The molecule has 9 rings (SSSR count). The first kappa shape index (κ1) is 27.9. The van der Waals surface area contributed by atoms with Gasteiger partial charge in [0, 0.05) is 48.4 Å². The van der Waals surface area contributed by atoms with Crippen LogP contribution in [0.3, 0.4) is 0 Å². The van der Waals surface area contributed by atoms with E-state index in [0.29, 0.717) is 0 Å². The molecule has 0 saturated carbocycles. The van der Waals surface area contributed by atoms with Gasteiger partial charge in [-0.3, -0.25) is 0 Å². The monoisotopic (exact) mass is 748 g/mol. The molecule has 9 nitrogen and oxygen atoms in total. The fraction of sp³-hybridized carbons (Fsp3) is 0. The number of nitrogens with zero attached hydrogens (tertiary/aromatic N) is 9. The number of rotatable bonds is 8. The molecule has 217 valence electrons. The van der Waals surface area contributed by atoms with Crippen molar-refractivity contribution in [3.8, 4) is 85.6 Å². The van der Waals surface area contributed by atoms with Crippen LogP contribution in [0.5, 0.6) is 0 Å². The van der Waals surface area contributed by atoms with Gasteiger partial charge in [-0.25, -0.2) is 44.9 Å². The molecule has 0 amide bonds. The Labute approximate surface area is 290 Å². The van der Waals surface area contributed by atoms with Crippen LogP contribution in [0, 0.1) is 6.20 Å². The van der Waals surface area contributed by atoms with Crippen LogP contribution in [0.2, 0.25) is 0 Å². The predicted molar refractivity (Wildman–Crippen MR) is 190 cm³/mol. The molecule has 0 aliphatic carbocycles. The van der Waals surface area contributed by atoms with Crippen molar-refractivity contribution in [2.45, 2.75) is 0 Å². The topological polar surface area (TPSA) is 116 Å². The van der Waals surface area contributed by atoms with Gasteiger partial charge in [0.05, 0.1) is 5.51 Å². The van der Waals surface area contributed by atoms with Gasteiger partial charge in [-0.1, -0.05) is 0 Å². The van der Waals surface area contributed by atoms with Crippen molar-refractivity contribution in [2.75, 3.05) is 0 Å². The third-order valence-electron chi connectivity index (χ3n) is 6.10. The van der Waals surface area contributed by atoms with Gasteiger partial charge in [0.15, 0.2) is 0 Å². The molecule has 0 bridgehead atoms. The van der Waals surface area contributed by atoms with Crippen molar-refractivity contribution < 1.29 is 0 Å². The molecule has 18 heteroatoms. The molecule has 0 aliphatic heterocycles. The quantitative estimate of drug-likeness (QED) is 0.150. The van der Waals surface area contributed by atoms with Crippen LogP contribution in [0.15, 0.2) is 53.9 Å². The maximum Gasteiger partial charge on any atom is 0.143 e. The lowest BCUT2D eigenvalue weighted by Gasteiger charge is -1.91. The second kappa shape index (κ2) is 11.8. The van der Waals surface area contributed by atoms with E-state index in [4.69, 9.17) is 34.9 Å². The number of thiazole rings is 9. The van der Waals surface area contributed by atoms with Crippen LogP contribution < -0.4 is 0 Å². The summed E-state index contributed by atoms with van der Waals surface area (Å²) in [6.45, 7) is 0. The Balaban J connectivity index is 0.908. The molecule has 0 N–H and O–H groups in total. The lowest BCUT2D eigenvalue weighted by atomic mass is 10.4. The first-order valence-corrected chi connectivity index (χ1v) is 20.6. The Bertz CT molecular complexity index is 2200. The Morgan fingerprint density at radius 3 is 0.978 bits per heavy atom. The van der Waals surface area contributed by atoms with Gasteiger partial charge < -0.3 is 0 Å². The maximum absolute atomic E-state index is 4.87. The van der Waals surface area contributed by atoms with Crippen molar-refractivity contribution in [3.05, 3.63) is 60.1 Å². The second-order valence-corrected chi connectivity index (χ2v) is 16.5. The molecule has 0 aromatic carbocycles. The summed E-state index contributed by atoms with van der Waals surface area (Å²) in [7, 11) is 0. The van der Waals surface area contributed by atoms with Crippen LogP contribution >= 0.6 is 102 Å². The molecule has 45 heavy (non-hydrogen) atoms. The van der Waals surface area contributed by atoms with Gasteiger partial charge in [-0.15, -0.1) is 102 Å². The third-order valence-corrected chi connectivity index (χ3v) is 13.5. The average molecular weight is 749 g/mol. The highest BCUT2D eigenvalue weighted by molar-refractivity contribution is 7.18. The predicted octanol–water partition coefficient (Wildman–Crippen LogP) is 9.93. The second-order valence-electron chi connectivity index (χ2n) is 8.92. The van der Waals surface area contributed by atoms with E-state index in [2.05, 4.69) is 16.2 Å². The first-order chi connectivity index (χ1) is 22.2. The summed E-state index contributed by atoms with van der Waals surface area (Å²) in [5, 5.41) is 24.9. The Morgan fingerprint density at radius 2 is 0.689 bits per heavy atom. The minimum Gasteiger partial charge on any atom is -0.242 e. The van der Waals surface area contributed by atoms with E-state index in [-0.39, 0.29) is 0 Å². The minimum atomic E-state index is 0.831. The summed E-state index contributed by atoms with van der Waals surface area (Å²) in [6, 6.07) is 0. The third kappa shape index (κ3) is 5.45. The van der Waals surface area contributed by atoms with Gasteiger partial charge in [0.2, 0.25) is 0 Å². The molecule has 1 radical (unpaired) electrons. The Morgan fingerprint density at radius 1 is 0.356 bits per heavy atom. The summed E-state index contributed by atoms with van der Waals surface area (Å²) in [6.07, 6.45) is 2.85. The number of hydrogen-bond donors (Lipinski definition) is 0. The van der Waals surface area contributed by atoms with E-state index in [1.807, 2.05) is 53.9 Å². The maximum atomic E-state index is 4.87. The van der Waals surface area contributed by atoms with Crippen LogP contribution in [0.25, 0.3) is 85.6 Å². The van der Waals surface area contributed by atoms with Crippen molar-refractivity contribution in [1.82, 2.24) is 44.9 Å². The highest BCUT2D eigenvalue weighted by Gasteiger charge is 2.19. The minimum absolute atomic E-state index is 0.831. The first-order valence-electron chi connectivity index (χ1n) is 12.6. The highest BCUT2D eigenvalue weighted by atomic mass is 32.1. The summed E-state index contributed by atoms with van der Waals surface area (Å²) in [5.41, 5.74) is 8.62. The van der Waals surface area contributed by atoms with Crippen molar-refractivity contribution >= 4 is 102 Å². The van der Waals surface area contributed by atoms with Crippen LogP contribution in [0.4, 0.5) is 0 Å². The van der Waals surface area contributed by atoms with Gasteiger partial charge in [0.1, 0.15) is 91.8 Å². The zero-order valence-corrected chi connectivity index (χ0v) is 29.3. The van der Waals surface area contributed by atoms with Gasteiger partial charge in [-0.2, -0.15) is 0 Å². The molecule has 9 heterocycles. The molecule has 0 saturated heterocycles. The van der Waals surface area contributed by atoms with Crippen LogP contribution in [0.1, 0.15) is 0 Å². The van der Waals surface area contributed by atoms with Crippen molar-refractivity contribution in [2.24, 2.45) is 0 Å². The van der Waals surface area contributed by atoms with E-state index in [1.54, 1.807) is 90.7 Å². The largest absolute Gasteiger partial charge is 0.242 e. The normalized spacial score (nSPS) is 11.6. The zero-order valence-electron chi connectivity index (χ0n) is 22.0. The fourth-order valence-electron chi connectivity index (χ4n) is 4.06. The smallest absolute Gasteiger partial charge is 0.143 e. The number of aromatic nitrogens is 9. The molecule has 0 atom stereocenters. The summed E-state index contributed by atoms with van der Waals surface area (Å²) >= 11 is 14.0. The molecule has 0 unspecified atom stereocenters. The van der Waals surface area contributed by atoms with Crippen molar-refractivity contribution in [3.63, 3.8) is 0 Å². The van der Waals surface area contributed by atoms with Gasteiger partial charge in [-0.05, 0) is 0 Å². The molecule has 9 aromatic heterocycles. The molecule has 0 spiro atoms. The summed E-state index contributed by atoms with van der Waals surface area (Å²) in [5.74, 6) is 0. The van der Waals surface area contributed by atoms with Gasteiger partial charge in [0.25, 0.3) is 0 Å². The van der Waals surface area contributed by atoms with E-state index < -0.39 is 0 Å². The standard InChI is InChI=1S/C27H10N9S9/c1-2-38-20(28-1)13-4-40-22(30-13)15-6-42-24(32-15)17-8-44-26(34-17)19-10-45-27(36-19)18-9-43-25(35-18)16-7-41-23(33-16)14-5-39-21(31-14)12-3-37-11-29-12/h2-11H. The lowest BCUT2D eigenvalue weighted by Crippen LogP contribution is -1.82. The SMILES string of the molecule is [c]1csc(-c2csc(-c3csc(-c4csc(-c5csc(-c6csc(-c7csc(-c8csc(-c9cscn9)n8)n7)n6)n5)n4)n3)n2)n1. The fourth-order valence-corrected chi connectivity index (χ4v) is 11.1. The molecule has 9 aromatic rings. The van der Waals surface area contributed by atoms with E-state index in [9.17, 15) is 0 Å². The lowest BCUT2D eigenvalue weighted by molar-refractivity contribution is 1.28. The average Bonchev–Trinajstić information content (AvgIpc) is 3.94. The zero-order chi connectivity index (χ0) is 29.7. The van der Waals surface area contributed by atoms with E-state index in [0.717, 1.165) is 85.6 Å². The molecular weight excluding hydrogens is 739 g/mol. The molecular formula is C27H10N9S9. The van der Waals surface area contributed by atoms with Crippen molar-refractivity contribution in [1.29, 1.82) is 0 Å². The van der Waals surface area contributed by atoms with E-state index >= 15 is 0 Å². The van der Waals surface area contributed by atoms with Crippen LogP contribution in [-0.2, 0) is 0 Å².